The van der Waals surface area contributed by atoms with E-state index in [1.807, 2.05) is 31.2 Å². The van der Waals surface area contributed by atoms with E-state index < -0.39 is 0 Å². The molecule has 1 amide bonds. The van der Waals surface area contributed by atoms with Crippen molar-refractivity contribution >= 4 is 34.1 Å². The van der Waals surface area contributed by atoms with Crippen LogP contribution in [0.5, 0.6) is 11.5 Å². The number of hydrogen-bond acceptors (Lipinski definition) is 4. The Balaban J connectivity index is 1.74. The Bertz CT molecular complexity index is 914. The number of hydrogen-bond donors (Lipinski definition) is 1. The van der Waals surface area contributed by atoms with E-state index in [1.165, 1.54) is 0 Å². The molecule has 6 heteroatoms. The van der Waals surface area contributed by atoms with Crippen LogP contribution in [0.2, 0.25) is 5.02 Å². The van der Waals surface area contributed by atoms with Gasteiger partial charge in [-0.15, -0.1) is 0 Å². The normalized spacial score (nSPS) is 10.5. The van der Waals surface area contributed by atoms with E-state index >= 15 is 0 Å². The van der Waals surface area contributed by atoms with E-state index in [1.54, 1.807) is 30.5 Å². The lowest BCUT2D eigenvalue weighted by Gasteiger charge is -2.13. The largest absolute Gasteiger partial charge is 0.491 e. The van der Waals surface area contributed by atoms with Crippen LogP contribution >= 0.6 is 11.6 Å². The maximum Gasteiger partial charge on any atom is 0.262 e. The monoisotopic (exact) mass is 370 g/mol. The summed E-state index contributed by atoms with van der Waals surface area (Å²) in [5, 5.41) is 4.13. The smallest absolute Gasteiger partial charge is 0.262 e. The Morgan fingerprint density at radius 3 is 2.73 bits per heavy atom. The van der Waals surface area contributed by atoms with Crippen molar-refractivity contribution in [2.45, 2.75) is 13.3 Å². The molecule has 0 unspecified atom stereocenters. The van der Waals surface area contributed by atoms with Gasteiger partial charge in [-0.2, -0.15) is 0 Å². The number of fused-ring (bicyclic) bond motifs is 1. The second-order valence-corrected chi connectivity index (χ2v) is 6.03. The first-order valence-corrected chi connectivity index (χ1v) is 8.74. The number of anilines is 1. The molecule has 0 radical (unpaired) electrons. The zero-order chi connectivity index (χ0) is 18.4. The third-order valence-corrected chi connectivity index (χ3v) is 3.98. The molecular weight excluding hydrogens is 352 g/mol. The number of halogens is 1. The van der Waals surface area contributed by atoms with Gasteiger partial charge in [0.15, 0.2) is 6.61 Å². The number of ether oxygens (including phenoxy) is 2. The number of carbonyl (C=O) groups is 1. The second kappa shape index (κ2) is 8.54. The van der Waals surface area contributed by atoms with Gasteiger partial charge in [0.1, 0.15) is 17.0 Å². The number of rotatable bonds is 7. The molecule has 0 aliphatic carbocycles. The molecule has 3 aromatic rings. The zero-order valence-electron chi connectivity index (χ0n) is 14.4. The number of amides is 1. The standard InChI is InChI=1S/C20H19ClN2O3/c1-2-12-25-18-10-9-16(14-6-5-11-22-20(14)18)23-19(24)13-26-17-8-4-3-7-15(17)21/h3-11H,2,12-13H2,1H3,(H,23,24). The molecule has 0 spiro atoms. The highest BCUT2D eigenvalue weighted by atomic mass is 35.5. The molecule has 1 aromatic heterocycles. The van der Waals surface area contributed by atoms with E-state index in [9.17, 15) is 4.79 Å². The van der Waals surface area contributed by atoms with Gasteiger partial charge in [0.05, 0.1) is 17.3 Å². The molecule has 0 aliphatic rings. The molecule has 5 nitrogen and oxygen atoms in total. The van der Waals surface area contributed by atoms with Gasteiger partial charge < -0.3 is 14.8 Å². The van der Waals surface area contributed by atoms with Crippen LogP contribution in [-0.2, 0) is 4.79 Å². The van der Waals surface area contributed by atoms with Crippen LogP contribution in [0.3, 0.4) is 0 Å². The molecule has 0 saturated carbocycles. The summed E-state index contributed by atoms with van der Waals surface area (Å²) in [5.41, 5.74) is 1.37. The summed E-state index contributed by atoms with van der Waals surface area (Å²) in [7, 11) is 0. The first kappa shape index (κ1) is 18.0. The van der Waals surface area contributed by atoms with Crippen molar-refractivity contribution in [2.75, 3.05) is 18.5 Å². The molecule has 0 atom stereocenters. The number of nitrogens with zero attached hydrogens (tertiary/aromatic N) is 1. The fourth-order valence-corrected chi connectivity index (χ4v) is 2.67. The van der Waals surface area contributed by atoms with Gasteiger partial charge in [0.2, 0.25) is 0 Å². The van der Waals surface area contributed by atoms with E-state index in [0.717, 1.165) is 11.8 Å². The molecule has 0 bridgehead atoms. The molecule has 2 aromatic carbocycles. The predicted octanol–water partition coefficient (Wildman–Crippen LogP) is 4.69. The average molecular weight is 371 g/mol. The summed E-state index contributed by atoms with van der Waals surface area (Å²) in [6.45, 7) is 2.52. The number of carbonyl (C=O) groups excluding carboxylic acids is 1. The molecule has 0 aliphatic heterocycles. The molecule has 1 N–H and O–H groups in total. The lowest BCUT2D eigenvalue weighted by molar-refractivity contribution is -0.118. The Morgan fingerprint density at radius 2 is 1.92 bits per heavy atom. The molecule has 1 heterocycles. The average Bonchev–Trinajstić information content (AvgIpc) is 2.67. The number of nitrogens with one attached hydrogen (secondary N) is 1. The first-order chi connectivity index (χ1) is 12.7. The minimum atomic E-state index is -0.280. The molecule has 0 fully saturated rings. The number of pyridine rings is 1. The van der Waals surface area contributed by atoms with E-state index in [4.69, 9.17) is 21.1 Å². The van der Waals surface area contributed by atoms with Crippen LogP contribution in [0, 0.1) is 0 Å². The van der Waals surface area contributed by atoms with Crippen molar-refractivity contribution in [3.8, 4) is 11.5 Å². The van der Waals surface area contributed by atoms with Crippen molar-refractivity contribution in [3.05, 3.63) is 59.8 Å². The van der Waals surface area contributed by atoms with Crippen LogP contribution in [0.1, 0.15) is 13.3 Å². The van der Waals surface area contributed by atoms with Crippen molar-refractivity contribution in [3.63, 3.8) is 0 Å². The fraction of sp³-hybridized carbons (Fsp3) is 0.200. The topological polar surface area (TPSA) is 60.5 Å². The van der Waals surface area contributed by atoms with E-state index in [2.05, 4.69) is 10.3 Å². The summed E-state index contributed by atoms with van der Waals surface area (Å²) in [6, 6.07) is 14.4. The van der Waals surface area contributed by atoms with Crippen molar-refractivity contribution < 1.29 is 14.3 Å². The maximum atomic E-state index is 12.3. The number of benzene rings is 2. The Labute approximate surface area is 156 Å². The lowest BCUT2D eigenvalue weighted by atomic mass is 10.1. The summed E-state index contributed by atoms with van der Waals surface area (Å²) >= 11 is 6.03. The molecule has 0 saturated heterocycles. The predicted molar refractivity (Wildman–Crippen MR) is 103 cm³/mol. The lowest BCUT2D eigenvalue weighted by Crippen LogP contribution is -2.20. The van der Waals surface area contributed by atoms with Crippen molar-refractivity contribution in [2.24, 2.45) is 0 Å². The summed E-state index contributed by atoms with van der Waals surface area (Å²) in [4.78, 5) is 16.6. The molecule has 3 rings (SSSR count). The summed E-state index contributed by atoms with van der Waals surface area (Å²) in [5.74, 6) is 0.893. The summed E-state index contributed by atoms with van der Waals surface area (Å²) in [6.07, 6.45) is 2.61. The maximum absolute atomic E-state index is 12.3. The third-order valence-electron chi connectivity index (χ3n) is 3.66. The van der Waals surface area contributed by atoms with Crippen LogP contribution < -0.4 is 14.8 Å². The number of aromatic nitrogens is 1. The van der Waals surface area contributed by atoms with E-state index in [-0.39, 0.29) is 12.5 Å². The van der Waals surface area contributed by atoms with Gasteiger partial charge in [-0.05, 0) is 42.8 Å². The minimum absolute atomic E-state index is 0.139. The minimum Gasteiger partial charge on any atom is -0.491 e. The first-order valence-electron chi connectivity index (χ1n) is 8.36. The molecular formula is C20H19ClN2O3. The van der Waals surface area contributed by atoms with Crippen molar-refractivity contribution in [1.29, 1.82) is 0 Å². The highest BCUT2D eigenvalue weighted by Gasteiger charge is 2.11. The SMILES string of the molecule is CCCOc1ccc(NC(=O)COc2ccccc2Cl)c2cccnc12. The second-order valence-electron chi connectivity index (χ2n) is 5.63. The highest BCUT2D eigenvalue weighted by molar-refractivity contribution is 6.32. The Kier molecular flexibility index (Phi) is 5.92. The van der Waals surface area contributed by atoms with Gasteiger partial charge >= 0.3 is 0 Å². The highest BCUT2D eigenvalue weighted by Crippen LogP contribution is 2.30. The van der Waals surface area contributed by atoms with Crippen molar-refractivity contribution in [1.82, 2.24) is 4.98 Å². The van der Waals surface area contributed by atoms with Gasteiger partial charge in [-0.3, -0.25) is 9.78 Å². The van der Waals surface area contributed by atoms with Gasteiger partial charge in [0.25, 0.3) is 5.91 Å². The van der Waals surface area contributed by atoms with Gasteiger partial charge in [-0.25, -0.2) is 0 Å². The quantitative estimate of drug-likeness (QED) is 0.655. The van der Waals surface area contributed by atoms with Crippen LogP contribution in [0.25, 0.3) is 10.9 Å². The Hall–Kier alpha value is -2.79. The van der Waals surface area contributed by atoms with E-state index in [0.29, 0.717) is 34.3 Å². The fourth-order valence-electron chi connectivity index (χ4n) is 2.48. The number of para-hydroxylation sites is 1. The van der Waals surface area contributed by atoms with Gasteiger partial charge in [0, 0.05) is 11.6 Å². The molecule has 26 heavy (non-hydrogen) atoms. The van der Waals surface area contributed by atoms with Gasteiger partial charge in [-0.1, -0.05) is 30.7 Å². The van der Waals surface area contributed by atoms with Crippen LogP contribution in [0.4, 0.5) is 5.69 Å². The molecule has 134 valence electrons. The van der Waals surface area contributed by atoms with Crippen LogP contribution in [0.15, 0.2) is 54.7 Å². The van der Waals surface area contributed by atoms with Crippen LogP contribution in [-0.4, -0.2) is 24.1 Å². The zero-order valence-corrected chi connectivity index (χ0v) is 15.1. The Morgan fingerprint density at radius 1 is 1.08 bits per heavy atom. The third kappa shape index (κ3) is 4.24. The summed E-state index contributed by atoms with van der Waals surface area (Å²) < 4.78 is 11.2.